The highest BCUT2D eigenvalue weighted by atomic mass is 35.5. The topological polar surface area (TPSA) is 57.4 Å². The Labute approximate surface area is 182 Å². The van der Waals surface area contributed by atoms with E-state index in [-0.39, 0.29) is 18.3 Å². The van der Waals surface area contributed by atoms with Crippen molar-refractivity contribution in [1.29, 1.82) is 0 Å². The van der Waals surface area contributed by atoms with Gasteiger partial charge in [0.2, 0.25) is 0 Å². The third kappa shape index (κ3) is 3.04. The molecule has 4 aromatic rings. The summed E-state index contributed by atoms with van der Waals surface area (Å²) in [5.74, 6) is 2.28. The van der Waals surface area contributed by atoms with Crippen molar-refractivity contribution in [3.05, 3.63) is 83.4 Å². The van der Waals surface area contributed by atoms with Gasteiger partial charge in [-0.15, -0.1) is 12.4 Å². The average Bonchev–Trinajstić information content (AvgIpc) is 2.78. The Bertz CT molecular complexity index is 1240. The molecule has 1 aliphatic carbocycles. The second kappa shape index (κ2) is 7.88. The molecule has 0 fully saturated rings. The van der Waals surface area contributed by atoms with E-state index in [0.717, 1.165) is 45.5 Å². The first kappa shape index (κ1) is 20.0. The Morgan fingerprint density at radius 3 is 2.40 bits per heavy atom. The van der Waals surface area contributed by atoms with Crippen molar-refractivity contribution in [3.63, 3.8) is 0 Å². The van der Waals surface area contributed by atoms with E-state index in [0.29, 0.717) is 5.82 Å². The maximum atomic E-state index is 6.36. The number of nitrogen functional groups attached to an aromatic ring is 1. The van der Waals surface area contributed by atoms with Crippen LogP contribution in [0.5, 0.6) is 11.5 Å². The van der Waals surface area contributed by atoms with Gasteiger partial charge in [-0.1, -0.05) is 54.6 Å². The molecular weight excluding hydrogens is 396 g/mol. The van der Waals surface area contributed by atoms with Crippen LogP contribution in [0.4, 0.5) is 5.82 Å². The number of nitrogens with two attached hydrogens (primary N) is 1. The molecule has 0 radical (unpaired) electrons. The minimum Gasteiger partial charge on any atom is -0.497 e. The van der Waals surface area contributed by atoms with Crippen LogP contribution in [0.3, 0.4) is 0 Å². The Morgan fingerprint density at radius 2 is 1.63 bits per heavy atom. The first-order chi connectivity index (χ1) is 14.2. The minimum atomic E-state index is 0. The van der Waals surface area contributed by atoms with Gasteiger partial charge < -0.3 is 15.2 Å². The van der Waals surface area contributed by atoms with Gasteiger partial charge in [0.1, 0.15) is 17.3 Å². The van der Waals surface area contributed by atoms with Gasteiger partial charge in [-0.25, -0.2) is 4.98 Å². The van der Waals surface area contributed by atoms with Crippen LogP contribution in [0.25, 0.3) is 22.0 Å². The van der Waals surface area contributed by atoms with E-state index < -0.39 is 0 Å². The lowest BCUT2D eigenvalue weighted by molar-refractivity contribution is 0.389. The molecule has 1 unspecified atom stereocenters. The highest BCUT2D eigenvalue weighted by molar-refractivity contribution is 5.98. The minimum absolute atomic E-state index is 0. The van der Waals surface area contributed by atoms with Gasteiger partial charge in [-0.05, 0) is 29.0 Å². The maximum Gasteiger partial charge on any atom is 0.131 e. The summed E-state index contributed by atoms with van der Waals surface area (Å²) >= 11 is 0. The molecule has 1 atom stereocenters. The maximum absolute atomic E-state index is 6.36. The molecule has 5 rings (SSSR count). The van der Waals surface area contributed by atoms with Crippen molar-refractivity contribution in [1.82, 2.24) is 4.98 Å². The first-order valence-corrected chi connectivity index (χ1v) is 9.69. The molecule has 0 saturated heterocycles. The molecular formula is C25H23ClN2O2. The number of aromatic nitrogens is 1. The third-order valence-corrected chi connectivity index (χ3v) is 5.84. The molecule has 30 heavy (non-hydrogen) atoms. The third-order valence-electron chi connectivity index (χ3n) is 5.84. The van der Waals surface area contributed by atoms with E-state index in [9.17, 15) is 0 Å². The highest BCUT2D eigenvalue weighted by Crippen LogP contribution is 2.48. The summed E-state index contributed by atoms with van der Waals surface area (Å²) in [6.07, 6.45) is 0.876. The van der Waals surface area contributed by atoms with Crippen LogP contribution in [0.2, 0.25) is 0 Å². The van der Waals surface area contributed by atoms with Crippen molar-refractivity contribution < 1.29 is 9.47 Å². The number of nitrogens with zero attached hydrogens (tertiary/aromatic N) is 1. The van der Waals surface area contributed by atoms with Crippen molar-refractivity contribution in [2.45, 2.75) is 12.3 Å². The van der Waals surface area contributed by atoms with E-state index in [1.807, 2.05) is 24.3 Å². The standard InChI is InChI=1S/C25H22N2O2.ClH/c1-28-16-11-12-18(22(14-16)29-2)21-13-15-7-3-4-8-17(15)24-23(21)19-9-5-6-10-20(19)25(26)27-24;/h3-12,14,21H,13H2,1-2H3,(H2,26,27);1H. The van der Waals surface area contributed by atoms with Crippen LogP contribution >= 0.6 is 12.4 Å². The van der Waals surface area contributed by atoms with Gasteiger partial charge in [0.15, 0.2) is 0 Å². The van der Waals surface area contributed by atoms with Gasteiger partial charge in [-0.3, -0.25) is 0 Å². The number of methoxy groups -OCH3 is 2. The van der Waals surface area contributed by atoms with Crippen LogP contribution in [-0.2, 0) is 6.42 Å². The molecule has 0 saturated carbocycles. The van der Waals surface area contributed by atoms with E-state index in [1.54, 1.807) is 14.2 Å². The zero-order valence-electron chi connectivity index (χ0n) is 16.9. The SMILES string of the molecule is COc1ccc(C2Cc3ccccc3-c3nc(N)c4ccccc4c32)c(OC)c1.Cl. The Hall–Kier alpha value is -3.24. The second-order valence-electron chi connectivity index (χ2n) is 7.33. The summed E-state index contributed by atoms with van der Waals surface area (Å²) in [5.41, 5.74) is 12.1. The lowest BCUT2D eigenvalue weighted by Crippen LogP contribution is -2.16. The highest BCUT2D eigenvalue weighted by Gasteiger charge is 2.31. The van der Waals surface area contributed by atoms with Gasteiger partial charge in [0.25, 0.3) is 0 Å². The quantitative estimate of drug-likeness (QED) is 0.469. The molecule has 3 aromatic carbocycles. The number of anilines is 1. The van der Waals surface area contributed by atoms with E-state index in [4.69, 9.17) is 20.2 Å². The van der Waals surface area contributed by atoms with Gasteiger partial charge >= 0.3 is 0 Å². The van der Waals surface area contributed by atoms with Gasteiger partial charge in [0.05, 0.1) is 19.9 Å². The molecule has 152 valence electrons. The number of pyridine rings is 1. The van der Waals surface area contributed by atoms with Crippen LogP contribution < -0.4 is 15.2 Å². The Kier molecular flexibility index (Phi) is 5.27. The van der Waals surface area contributed by atoms with Crippen LogP contribution in [-0.4, -0.2) is 19.2 Å². The van der Waals surface area contributed by atoms with Crippen molar-refractivity contribution in [3.8, 4) is 22.8 Å². The number of benzene rings is 3. The predicted octanol–water partition coefficient (Wildman–Crippen LogP) is 5.61. The van der Waals surface area contributed by atoms with E-state index in [1.165, 1.54) is 11.1 Å². The Balaban J connectivity index is 0.00000218. The fourth-order valence-electron chi connectivity index (χ4n) is 4.49. The summed E-state index contributed by atoms with van der Waals surface area (Å²) < 4.78 is 11.2. The number of fused-ring (bicyclic) bond motifs is 5. The number of rotatable bonds is 3. The normalized spacial score (nSPS) is 14.4. The smallest absolute Gasteiger partial charge is 0.131 e. The summed E-state index contributed by atoms with van der Waals surface area (Å²) in [5, 5.41) is 2.13. The zero-order chi connectivity index (χ0) is 20.0. The molecule has 2 N–H and O–H groups in total. The largest absolute Gasteiger partial charge is 0.497 e. The summed E-state index contributed by atoms with van der Waals surface area (Å²) in [4.78, 5) is 4.86. The molecule has 0 aliphatic heterocycles. The second-order valence-corrected chi connectivity index (χ2v) is 7.33. The fraction of sp³-hybridized carbons (Fsp3) is 0.160. The average molecular weight is 419 g/mol. The van der Waals surface area contributed by atoms with E-state index in [2.05, 4.69) is 42.5 Å². The lowest BCUT2D eigenvalue weighted by Gasteiger charge is -2.30. The first-order valence-electron chi connectivity index (χ1n) is 9.69. The van der Waals surface area contributed by atoms with Gasteiger partial charge in [0, 0.05) is 28.5 Å². The summed E-state index contributed by atoms with van der Waals surface area (Å²) in [7, 11) is 3.37. The van der Waals surface area contributed by atoms with Crippen LogP contribution in [0.1, 0.15) is 22.6 Å². The molecule has 1 aromatic heterocycles. The Morgan fingerprint density at radius 1 is 0.900 bits per heavy atom. The molecule has 4 nitrogen and oxygen atoms in total. The number of hydrogen-bond acceptors (Lipinski definition) is 4. The number of hydrogen-bond donors (Lipinski definition) is 1. The molecule has 1 heterocycles. The molecule has 0 bridgehead atoms. The van der Waals surface area contributed by atoms with E-state index >= 15 is 0 Å². The number of halogens is 1. The monoisotopic (exact) mass is 418 g/mol. The van der Waals surface area contributed by atoms with Crippen LogP contribution in [0, 0.1) is 0 Å². The van der Waals surface area contributed by atoms with Crippen molar-refractivity contribution in [2.24, 2.45) is 0 Å². The van der Waals surface area contributed by atoms with Gasteiger partial charge in [-0.2, -0.15) is 0 Å². The fourth-order valence-corrected chi connectivity index (χ4v) is 4.49. The van der Waals surface area contributed by atoms with Crippen LogP contribution in [0.15, 0.2) is 66.7 Å². The molecule has 0 spiro atoms. The summed E-state index contributed by atoms with van der Waals surface area (Å²) in [6.45, 7) is 0. The number of ether oxygens (including phenoxy) is 2. The lowest BCUT2D eigenvalue weighted by atomic mass is 9.75. The molecule has 1 aliphatic rings. The zero-order valence-corrected chi connectivity index (χ0v) is 17.7. The summed E-state index contributed by atoms with van der Waals surface area (Å²) in [6, 6.07) is 22.7. The molecule has 5 heteroatoms. The molecule has 0 amide bonds. The predicted molar refractivity (Wildman–Crippen MR) is 124 cm³/mol. The van der Waals surface area contributed by atoms with Crippen molar-refractivity contribution in [2.75, 3.05) is 20.0 Å². The van der Waals surface area contributed by atoms with Crippen molar-refractivity contribution >= 4 is 29.0 Å².